The van der Waals surface area contributed by atoms with E-state index >= 15 is 0 Å². The zero-order valence-electron chi connectivity index (χ0n) is 7.21. The lowest BCUT2D eigenvalue weighted by Gasteiger charge is -1.70. The zero-order valence-corrected chi connectivity index (χ0v) is 7.21. The van der Waals surface area contributed by atoms with Crippen LogP contribution >= 0.6 is 0 Å². The van der Waals surface area contributed by atoms with Gasteiger partial charge in [-0.05, 0) is 12.1 Å². The number of hydrogen-bond donors (Lipinski definition) is 1. The van der Waals surface area contributed by atoms with Crippen molar-refractivity contribution in [1.82, 2.24) is 4.98 Å². The van der Waals surface area contributed by atoms with Gasteiger partial charge in [-0.2, -0.15) is 5.26 Å². The minimum absolute atomic E-state index is 0. The van der Waals surface area contributed by atoms with Crippen LogP contribution in [-0.4, -0.2) is 22.0 Å². The second kappa shape index (κ2) is 22.5. The number of carboxylic acid groups (broad SMARTS) is 1. The molecular formula is C8H12N2O3. The van der Waals surface area contributed by atoms with Gasteiger partial charge in [0, 0.05) is 19.3 Å². The average Bonchev–Trinajstić information content (AvgIpc) is 2.10. The molecule has 0 saturated heterocycles. The molecule has 0 saturated carbocycles. The zero-order chi connectivity index (χ0) is 9.66. The monoisotopic (exact) mass is 184 g/mol. The highest BCUT2D eigenvalue weighted by atomic mass is 16.3. The molecule has 0 aliphatic rings. The van der Waals surface area contributed by atoms with Crippen molar-refractivity contribution in [1.29, 1.82) is 5.26 Å². The second-order valence-electron chi connectivity index (χ2n) is 1.35. The smallest absolute Gasteiger partial charge is 0.290 e. The predicted octanol–water partition coefficient (Wildman–Crippen LogP) is 0.488. The highest BCUT2D eigenvalue weighted by Crippen LogP contribution is 1.73. The molecule has 5 heteroatoms. The highest BCUT2D eigenvalue weighted by Gasteiger charge is 1.58. The summed E-state index contributed by atoms with van der Waals surface area (Å²) >= 11 is 0. The van der Waals surface area contributed by atoms with E-state index in [2.05, 4.69) is 4.98 Å². The molecule has 0 fully saturated rings. The van der Waals surface area contributed by atoms with Gasteiger partial charge in [-0.15, -0.1) is 0 Å². The van der Waals surface area contributed by atoms with Crippen LogP contribution in [0, 0.1) is 11.3 Å². The summed E-state index contributed by atoms with van der Waals surface area (Å²) in [7, 11) is 0. The third-order valence-corrected chi connectivity index (χ3v) is 0.566. The number of aromatic nitrogens is 1. The van der Waals surface area contributed by atoms with Crippen LogP contribution < -0.4 is 0 Å². The summed E-state index contributed by atoms with van der Waals surface area (Å²) in [6, 6.07) is 7.47. The summed E-state index contributed by atoms with van der Waals surface area (Å²) in [6.45, 7) is 1.18. The number of carbonyl (C=O) groups is 1. The van der Waals surface area contributed by atoms with E-state index in [9.17, 15) is 0 Å². The van der Waals surface area contributed by atoms with E-state index in [4.69, 9.17) is 15.2 Å². The first kappa shape index (κ1) is 17.2. The largest absolute Gasteiger partial charge is 0.483 e. The molecule has 1 heterocycles. The fourth-order valence-electron chi connectivity index (χ4n) is 0.313. The Kier molecular flexibility index (Phi) is 29.8. The van der Waals surface area contributed by atoms with E-state index < -0.39 is 0 Å². The van der Waals surface area contributed by atoms with Gasteiger partial charge >= 0.3 is 0 Å². The molecule has 3 N–H and O–H groups in total. The molecule has 0 atom stereocenters. The van der Waals surface area contributed by atoms with Gasteiger partial charge in [0.25, 0.3) is 6.47 Å². The molecule has 1 aromatic heterocycles. The third-order valence-electron chi connectivity index (χ3n) is 0.566. The number of hydrogen-bond acceptors (Lipinski definition) is 3. The Labute approximate surface area is 76.6 Å². The van der Waals surface area contributed by atoms with E-state index in [-0.39, 0.29) is 11.9 Å². The van der Waals surface area contributed by atoms with E-state index in [0.717, 1.165) is 0 Å². The molecule has 1 rings (SSSR count). The lowest BCUT2D eigenvalue weighted by molar-refractivity contribution is -0.122. The number of pyridine rings is 1. The maximum Gasteiger partial charge on any atom is 0.290 e. The molecule has 0 unspecified atom stereocenters. The van der Waals surface area contributed by atoms with Crippen molar-refractivity contribution in [3.05, 3.63) is 30.6 Å². The molecule has 0 aliphatic carbocycles. The lowest BCUT2D eigenvalue weighted by atomic mass is 10.5. The van der Waals surface area contributed by atoms with Gasteiger partial charge in [0.2, 0.25) is 0 Å². The second-order valence-corrected chi connectivity index (χ2v) is 1.35. The molecule has 0 aliphatic heterocycles. The van der Waals surface area contributed by atoms with Gasteiger partial charge in [0.15, 0.2) is 0 Å². The molecule has 0 aromatic carbocycles. The van der Waals surface area contributed by atoms with Crippen molar-refractivity contribution in [3.63, 3.8) is 0 Å². The first-order chi connectivity index (χ1) is 5.83. The van der Waals surface area contributed by atoms with Crippen molar-refractivity contribution in [2.45, 2.75) is 6.92 Å². The molecule has 5 nitrogen and oxygen atoms in total. The lowest BCUT2D eigenvalue weighted by Crippen LogP contribution is -1.58. The molecular weight excluding hydrogens is 172 g/mol. The summed E-state index contributed by atoms with van der Waals surface area (Å²) in [5, 5.41) is 14.2. The van der Waals surface area contributed by atoms with Gasteiger partial charge in [-0.25, -0.2) is 0 Å². The van der Waals surface area contributed by atoms with E-state index in [1.54, 1.807) is 18.5 Å². The quantitative estimate of drug-likeness (QED) is 0.592. The van der Waals surface area contributed by atoms with Crippen molar-refractivity contribution < 1.29 is 15.4 Å². The fourth-order valence-corrected chi connectivity index (χ4v) is 0.313. The summed E-state index contributed by atoms with van der Waals surface area (Å²) in [4.78, 5) is 12.1. The molecule has 1 aromatic rings. The number of rotatable bonds is 0. The van der Waals surface area contributed by atoms with Gasteiger partial charge < -0.3 is 10.6 Å². The van der Waals surface area contributed by atoms with Gasteiger partial charge in [0.1, 0.15) is 0 Å². The minimum atomic E-state index is -0.250. The van der Waals surface area contributed by atoms with Crippen LogP contribution in [0.5, 0.6) is 0 Å². The van der Waals surface area contributed by atoms with Gasteiger partial charge in [-0.3, -0.25) is 9.78 Å². The Morgan fingerprint density at radius 3 is 1.77 bits per heavy atom. The number of nitrogens with zero attached hydrogens (tertiary/aromatic N) is 2. The van der Waals surface area contributed by atoms with Crippen LogP contribution in [0.4, 0.5) is 0 Å². The Hall–Kier alpha value is -1.93. The molecule has 13 heavy (non-hydrogen) atoms. The fraction of sp³-hybridized carbons (Fsp3) is 0.125. The van der Waals surface area contributed by atoms with E-state index in [0.29, 0.717) is 0 Å². The van der Waals surface area contributed by atoms with Gasteiger partial charge in [-0.1, -0.05) is 6.07 Å². The van der Waals surface area contributed by atoms with Crippen LogP contribution in [0.15, 0.2) is 30.6 Å². The van der Waals surface area contributed by atoms with Crippen LogP contribution in [0.1, 0.15) is 6.92 Å². The topological polar surface area (TPSA) is 105 Å². The van der Waals surface area contributed by atoms with Crippen LogP contribution in [0.25, 0.3) is 0 Å². The Balaban J connectivity index is -0.000000126. The normalized spacial score (nSPS) is 5.23. The number of nitriles is 1. The first-order valence-corrected chi connectivity index (χ1v) is 3.07. The Bertz CT molecular complexity index is 182. The van der Waals surface area contributed by atoms with Crippen molar-refractivity contribution in [2.24, 2.45) is 0 Å². The van der Waals surface area contributed by atoms with Crippen LogP contribution in [0.2, 0.25) is 0 Å². The molecule has 0 bridgehead atoms. The first-order valence-electron chi connectivity index (χ1n) is 3.07. The molecule has 72 valence electrons. The average molecular weight is 184 g/mol. The van der Waals surface area contributed by atoms with E-state index in [1.165, 1.54) is 6.92 Å². The van der Waals surface area contributed by atoms with Crippen molar-refractivity contribution >= 4 is 6.47 Å². The minimum Gasteiger partial charge on any atom is -0.483 e. The van der Waals surface area contributed by atoms with E-state index in [1.807, 2.05) is 18.2 Å². The SMILES string of the molecule is CC#N.O.O=CO.c1ccncc1. The van der Waals surface area contributed by atoms with Crippen LogP contribution in [0.3, 0.4) is 0 Å². The van der Waals surface area contributed by atoms with Gasteiger partial charge in [0.05, 0.1) is 6.07 Å². The Morgan fingerprint density at radius 2 is 1.69 bits per heavy atom. The van der Waals surface area contributed by atoms with Crippen molar-refractivity contribution in [3.8, 4) is 6.07 Å². The summed E-state index contributed by atoms with van der Waals surface area (Å²) < 4.78 is 0. The maximum absolute atomic E-state index is 8.36. The van der Waals surface area contributed by atoms with Crippen molar-refractivity contribution in [2.75, 3.05) is 0 Å². The molecule has 0 amide bonds. The van der Waals surface area contributed by atoms with Crippen LogP contribution in [-0.2, 0) is 4.79 Å². The third kappa shape index (κ3) is 39.6. The summed E-state index contributed by atoms with van der Waals surface area (Å²) in [5.41, 5.74) is 0. The molecule has 0 radical (unpaired) electrons. The summed E-state index contributed by atoms with van der Waals surface area (Å²) in [6.07, 6.45) is 3.50. The Morgan fingerprint density at radius 1 is 1.38 bits per heavy atom. The maximum atomic E-state index is 8.36. The highest BCUT2D eigenvalue weighted by molar-refractivity contribution is 5.32. The predicted molar refractivity (Wildman–Crippen MR) is 47.8 cm³/mol. The summed E-state index contributed by atoms with van der Waals surface area (Å²) in [5.74, 6) is 0. The molecule has 0 spiro atoms. The standard InChI is InChI=1S/C5H5N.C2H3N.CH2O2.H2O/c1-2-4-6-5-3-1;1-2-3;2-1-3;/h1-5H;1H3;1H,(H,2,3);1H2.